The summed E-state index contributed by atoms with van der Waals surface area (Å²) < 4.78 is 6.89. The molecule has 4 unspecified atom stereocenters. The maximum atomic E-state index is 13.1. The molecule has 5 nitrogen and oxygen atoms in total. The lowest BCUT2D eigenvalue weighted by Gasteiger charge is -2.40. The van der Waals surface area contributed by atoms with Crippen molar-refractivity contribution < 1.29 is 9.53 Å². The molecule has 2 saturated carbocycles. The summed E-state index contributed by atoms with van der Waals surface area (Å²) in [6.45, 7) is 0.0384. The van der Waals surface area contributed by atoms with Crippen molar-refractivity contribution in [1.82, 2.24) is 4.57 Å². The summed E-state index contributed by atoms with van der Waals surface area (Å²) >= 11 is 3.21. The minimum Gasteiger partial charge on any atom is -0.497 e. The van der Waals surface area contributed by atoms with Crippen LogP contribution in [-0.4, -0.2) is 22.8 Å². The lowest BCUT2D eigenvalue weighted by molar-refractivity contribution is -0.116. The fourth-order valence-electron chi connectivity index (χ4n) is 6.14. The van der Waals surface area contributed by atoms with Crippen molar-refractivity contribution in [2.45, 2.75) is 42.0 Å². The predicted octanol–water partition coefficient (Wildman–Crippen LogP) is 5.21. The van der Waals surface area contributed by atoms with Crippen molar-refractivity contribution >= 4 is 34.7 Å². The van der Waals surface area contributed by atoms with Crippen molar-refractivity contribution in [1.29, 1.82) is 0 Å². The number of anilines is 1. The van der Waals surface area contributed by atoms with Gasteiger partial charge in [0.1, 0.15) is 12.3 Å². The lowest BCUT2D eigenvalue weighted by atomic mass is 9.75. The number of fused-ring (bicyclic) bond motifs is 6. The number of carbonyl (C=O) groups is 1. The molecular formula is C26H26N2O3S2. The Hall–Kier alpha value is -2.51. The molecule has 2 fully saturated rings. The van der Waals surface area contributed by atoms with Crippen LogP contribution in [0.3, 0.4) is 0 Å². The molecule has 5 atom stereocenters. The van der Waals surface area contributed by atoms with Crippen LogP contribution >= 0.6 is 23.1 Å². The monoisotopic (exact) mass is 478 g/mol. The third-order valence-corrected chi connectivity index (χ3v) is 10.4. The first kappa shape index (κ1) is 21.1. The Morgan fingerprint density at radius 2 is 1.85 bits per heavy atom. The fraction of sp³-hybridized carbons (Fsp3) is 0.385. The van der Waals surface area contributed by atoms with Gasteiger partial charge in [-0.1, -0.05) is 41.7 Å². The van der Waals surface area contributed by atoms with Gasteiger partial charge in [-0.25, -0.2) is 0 Å². The Morgan fingerprint density at radius 3 is 2.61 bits per heavy atom. The number of thioether (sulfide) groups is 1. The number of benzene rings is 2. The summed E-state index contributed by atoms with van der Waals surface area (Å²) in [5, 5.41) is 4.47. The lowest BCUT2D eigenvalue weighted by Crippen LogP contribution is -2.34. The summed E-state index contributed by atoms with van der Waals surface area (Å²) in [5.41, 5.74) is 2.00. The summed E-state index contributed by atoms with van der Waals surface area (Å²) in [6, 6.07) is 17.9. The number of aromatic nitrogens is 1. The predicted molar refractivity (Wildman–Crippen MR) is 132 cm³/mol. The molecule has 7 heteroatoms. The van der Waals surface area contributed by atoms with Gasteiger partial charge in [-0.15, -0.1) is 11.8 Å². The molecule has 2 aromatic carbocycles. The highest BCUT2D eigenvalue weighted by Gasteiger charge is 2.55. The van der Waals surface area contributed by atoms with Crippen molar-refractivity contribution in [2.24, 2.45) is 17.8 Å². The summed E-state index contributed by atoms with van der Waals surface area (Å²) in [6.07, 6.45) is 3.91. The Bertz CT molecular complexity index is 1230. The molecule has 0 saturated heterocycles. The normalized spacial score (nSPS) is 27.1. The molecule has 6 rings (SSSR count). The van der Waals surface area contributed by atoms with E-state index < -0.39 is 0 Å². The number of ether oxygens (including phenoxy) is 1. The van der Waals surface area contributed by atoms with Crippen LogP contribution in [0.2, 0.25) is 0 Å². The van der Waals surface area contributed by atoms with Gasteiger partial charge >= 0.3 is 4.87 Å². The summed E-state index contributed by atoms with van der Waals surface area (Å²) in [4.78, 5) is 27.1. The molecule has 33 heavy (non-hydrogen) atoms. The SMILES string of the molecule is COc1ccc(NC(=O)Cn2c3c(sc2=O)[C@H](c2ccccc2)C2C4CCC(C4)C2S3)cc1. The number of carbonyl (C=O) groups excluding carboxylic acids is 1. The van der Waals surface area contributed by atoms with Gasteiger partial charge < -0.3 is 10.1 Å². The highest BCUT2D eigenvalue weighted by Crippen LogP contribution is 2.63. The van der Waals surface area contributed by atoms with Gasteiger partial charge in [-0.2, -0.15) is 0 Å². The molecule has 170 valence electrons. The van der Waals surface area contributed by atoms with Gasteiger partial charge in [0.2, 0.25) is 5.91 Å². The smallest absolute Gasteiger partial charge is 0.308 e. The van der Waals surface area contributed by atoms with Crippen LogP contribution in [0.5, 0.6) is 5.75 Å². The van der Waals surface area contributed by atoms with E-state index in [1.54, 1.807) is 11.7 Å². The van der Waals surface area contributed by atoms with Crippen molar-refractivity contribution in [3.63, 3.8) is 0 Å². The molecule has 1 aromatic heterocycles. The maximum absolute atomic E-state index is 13.1. The largest absolute Gasteiger partial charge is 0.497 e. The first-order valence-electron chi connectivity index (χ1n) is 11.5. The Morgan fingerprint density at radius 1 is 1.09 bits per heavy atom. The number of rotatable bonds is 5. The van der Waals surface area contributed by atoms with Gasteiger partial charge in [0, 0.05) is 21.7 Å². The van der Waals surface area contributed by atoms with E-state index in [1.807, 2.05) is 36.0 Å². The average Bonchev–Trinajstić information content (AvgIpc) is 3.53. The number of hydrogen-bond acceptors (Lipinski definition) is 5. The Balaban J connectivity index is 1.33. The van der Waals surface area contributed by atoms with Crippen molar-refractivity contribution in [3.05, 3.63) is 74.7 Å². The van der Waals surface area contributed by atoms with Crippen LogP contribution in [0.25, 0.3) is 0 Å². The molecule has 0 spiro atoms. The Kier molecular flexibility index (Phi) is 5.34. The van der Waals surface area contributed by atoms with E-state index in [0.717, 1.165) is 27.5 Å². The minimum atomic E-state index is -0.185. The highest BCUT2D eigenvalue weighted by atomic mass is 32.2. The van der Waals surface area contributed by atoms with Crippen LogP contribution in [0.1, 0.15) is 35.6 Å². The molecule has 2 bridgehead atoms. The molecule has 1 amide bonds. The van der Waals surface area contributed by atoms with Crippen LogP contribution in [-0.2, 0) is 11.3 Å². The van der Waals surface area contributed by atoms with Gasteiger partial charge in [0.15, 0.2) is 0 Å². The summed E-state index contributed by atoms with van der Waals surface area (Å²) in [5.74, 6) is 2.86. The van der Waals surface area contributed by atoms with Crippen molar-refractivity contribution in [3.8, 4) is 5.75 Å². The van der Waals surface area contributed by atoms with E-state index >= 15 is 0 Å². The van der Waals surface area contributed by atoms with E-state index in [9.17, 15) is 9.59 Å². The molecule has 0 radical (unpaired) electrons. The van der Waals surface area contributed by atoms with Crippen LogP contribution in [0.15, 0.2) is 64.4 Å². The van der Waals surface area contributed by atoms with E-state index in [1.165, 1.54) is 36.2 Å². The quantitative estimate of drug-likeness (QED) is 0.547. The fourth-order valence-corrected chi connectivity index (χ4v) is 9.29. The van der Waals surface area contributed by atoms with E-state index in [2.05, 4.69) is 35.6 Å². The number of thiazole rings is 1. The van der Waals surface area contributed by atoms with Crippen LogP contribution in [0.4, 0.5) is 5.69 Å². The second kappa shape index (κ2) is 8.37. The molecule has 3 aromatic rings. The van der Waals surface area contributed by atoms with Crippen LogP contribution < -0.4 is 14.9 Å². The molecular weight excluding hydrogens is 452 g/mol. The second-order valence-electron chi connectivity index (χ2n) is 9.28. The highest BCUT2D eigenvalue weighted by molar-refractivity contribution is 8.00. The maximum Gasteiger partial charge on any atom is 0.308 e. The number of methoxy groups -OCH3 is 1. The molecule has 2 heterocycles. The number of amides is 1. The van der Waals surface area contributed by atoms with E-state index in [0.29, 0.717) is 16.9 Å². The third kappa shape index (κ3) is 3.62. The zero-order valence-electron chi connectivity index (χ0n) is 18.4. The first-order chi connectivity index (χ1) is 16.1. The molecule has 1 aliphatic heterocycles. The number of hydrogen-bond donors (Lipinski definition) is 1. The average molecular weight is 479 g/mol. The molecule has 3 aliphatic rings. The van der Waals surface area contributed by atoms with Gasteiger partial charge in [0.05, 0.1) is 12.1 Å². The molecule has 1 N–H and O–H groups in total. The second-order valence-corrected chi connectivity index (χ2v) is 11.4. The van der Waals surface area contributed by atoms with Crippen molar-refractivity contribution in [2.75, 3.05) is 12.4 Å². The van der Waals surface area contributed by atoms with E-state index in [-0.39, 0.29) is 23.2 Å². The van der Waals surface area contributed by atoms with Crippen LogP contribution in [0, 0.1) is 17.8 Å². The molecule has 2 aliphatic carbocycles. The van der Waals surface area contributed by atoms with Gasteiger partial charge in [-0.3, -0.25) is 14.2 Å². The third-order valence-electron chi connectivity index (χ3n) is 7.52. The topological polar surface area (TPSA) is 60.3 Å². The number of nitrogens with zero attached hydrogens (tertiary/aromatic N) is 1. The van der Waals surface area contributed by atoms with E-state index in [4.69, 9.17) is 4.74 Å². The van der Waals surface area contributed by atoms with Gasteiger partial charge in [-0.05, 0) is 66.8 Å². The Labute approximate surface area is 201 Å². The minimum absolute atomic E-state index is 0.0365. The number of nitrogens with one attached hydrogen (secondary N) is 1. The summed E-state index contributed by atoms with van der Waals surface area (Å²) in [7, 11) is 1.61. The standard InChI is InChI=1S/C26H26N2O3S2/c1-31-19-11-9-18(10-12-19)27-20(29)14-28-25-24(33-26(28)30)21(15-5-3-2-4-6-15)22-16-7-8-17(13-16)23(22)32-25/h2-6,9-12,16-17,21-23H,7-8,13-14H2,1H3,(H,27,29)/t16?,17?,21-,22?,23?/m1/s1. The van der Waals surface area contributed by atoms with Gasteiger partial charge in [0.25, 0.3) is 0 Å². The zero-order valence-corrected chi connectivity index (χ0v) is 20.0. The zero-order chi connectivity index (χ0) is 22.5. The first-order valence-corrected chi connectivity index (χ1v) is 13.2.